The molecule has 0 saturated carbocycles. The maximum Gasteiger partial charge on any atom is 0.188 e. The highest BCUT2D eigenvalue weighted by Gasteiger charge is 2.17. The van der Waals surface area contributed by atoms with Gasteiger partial charge < -0.3 is 5.11 Å². The van der Waals surface area contributed by atoms with Crippen LogP contribution in [0.15, 0.2) is 42.6 Å². The van der Waals surface area contributed by atoms with Gasteiger partial charge >= 0.3 is 0 Å². The van der Waals surface area contributed by atoms with Crippen LogP contribution in [0, 0.1) is 0 Å². The first-order chi connectivity index (χ1) is 9.08. The monoisotopic (exact) mass is 275 g/mol. The number of hydrogen-bond acceptors (Lipinski definition) is 4. The number of ketones is 2. The molecule has 0 aliphatic carbocycles. The van der Waals surface area contributed by atoms with Gasteiger partial charge in [-0.2, -0.15) is 0 Å². The smallest absolute Gasteiger partial charge is 0.188 e. The highest BCUT2D eigenvalue weighted by molar-refractivity contribution is 6.31. The molecule has 96 valence electrons. The number of rotatable bonds is 4. The van der Waals surface area contributed by atoms with Crippen molar-refractivity contribution in [2.45, 2.75) is 6.42 Å². The van der Waals surface area contributed by atoms with E-state index in [9.17, 15) is 14.7 Å². The van der Waals surface area contributed by atoms with Crippen molar-refractivity contribution < 1.29 is 14.7 Å². The topological polar surface area (TPSA) is 67.3 Å². The molecule has 2 aromatic rings. The Hall–Kier alpha value is -2.20. The lowest BCUT2D eigenvalue weighted by Gasteiger charge is -2.04. The second kappa shape index (κ2) is 5.63. The number of hydrogen-bond donors (Lipinski definition) is 1. The largest absolute Gasteiger partial charge is 0.507 e. The van der Waals surface area contributed by atoms with Gasteiger partial charge in [-0.1, -0.05) is 17.7 Å². The fourth-order valence-corrected chi connectivity index (χ4v) is 1.76. The zero-order chi connectivity index (χ0) is 13.8. The lowest BCUT2D eigenvalue weighted by molar-refractivity contribution is 0.0890. The van der Waals surface area contributed by atoms with Crippen LogP contribution in [0.1, 0.15) is 27.3 Å². The maximum absolute atomic E-state index is 11.9. The fraction of sp³-hybridized carbons (Fsp3) is 0.0714. The minimum atomic E-state index is -0.490. The van der Waals surface area contributed by atoms with E-state index in [1.54, 1.807) is 12.1 Å². The normalized spacial score (nSPS) is 10.2. The summed E-state index contributed by atoms with van der Waals surface area (Å²) in [7, 11) is 0. The molecule has 0 bridgehead atoms. The van der Waals surface area contributed by atoms with E-state index >= 15 is 0 Å². The Kier molecular flexibility index (Phi) is 3.92. The Bertz CT molecular complexity index is 626. The average Bonchev–Trinajstić information content (AvgIpc) is 2.42. The van der Waals surface area contributed by atoms with Gasteiger partial charge in [-0.05, 0) is 30.3 Å². The molecule has 5 heteroatoms. The minimum Gasteiger partial charge on any atom is -0.507 e. The molecule has 0 aliphatic rings. The summed E-state index contributed by atoms with van der Waals surface area (Å²) in [4.78, 5) is 27.6. The predicted molar refractivity (Wildman–Crippen MR) is 70.6 cm³/mol. The molecule has 2 rings (SSSR count). The van der Waals surface area contributed by atoms with E-state index in [1.807, 2.05) is 0 Å². The summed E-state index contributed by atoms with van der Waals surface area (Å²) in [6, 6.07) is 9.01. The first-order valence-corrected chi connectivity index (χ1v) is 5.91. The maximum atomic E-state index is 11.9. The molecule has 0 atom stereocenters. The number of benzene rings is 1. The Morgan fingerprint density at radius 1 is 1.16 bits per heavy atom. The van der Waals surface area contributed by atoms with Crippen molar-refractivity contribution in [3.05, 3.63) is 58.9 Å². The zero-order valence-corrected chi connectivity index (χ0v) is 10.6. The van der Waals surface area contributed by atoms with Crippen molar-refractivity contribution in [3.63, 3.8) is 0 Å². The van der Waals surface area contributed by atoms with Gasteiger partial charge in [0.25, 0.3) is 0 Å². The number of aromatic nitrogens is 1. The van der Waals surface area contributed by atoms with Gasteiger partial charge in [0.2, 0.25) is 0 Å². The van der Waals surface area contributed by atoms with Gasteiger partial charge in [-0.15, -0.1) is 0 Å². The van der Waals surface area contributed by atoms with E-state index in [0.29, 0.717) is 5.02 Å². The second-order valence-corrected chi connectivity index (χ2v) is 4.34. The molecule has 1 aromatic heterocycles. The first-order valence-electron chi connectivity index (χ1n) is 5.54. The summed E-state index contributed by atoms with van der Waals surface area (Å²) in [6.07, 6.45) is 1.12. The molecule has 1 heterocycles. The second-order valence-electron chi connectivity index (χ2n) is 3.90. The number of carbonyl (C=O) groups is 2. The number of phenolic OH excluding ortho intramolecular Hbond substituents is 1. The molecule has 19 heavy (non-hydrogen) atoms. The van der Waals surface area contributed by atoms with Gasteiger partial charge in [0, 0.05) is 11.2 Å². The van der Waals surface area contributed by atoms with Gasteiger partial charge in [0.15, 0.2) is 11.6 Å². The van der Waals surface area contributed by atoms with Crippen molar-refractivity contribution in [1.82, 2.24) is 4.98 Å². The fourth-order valence-electron chi connectivity index (χ4n) is 1.59. The molecule has 4 nitrogen and oxygen atoms in total. The Morgan fingerprint density at radius 2 is 1.95 bits per heavy atom. The first kappa shape index (κ1) is 13.2. The molecule has 1 N–H and O–H groups in total. The number of pyridine rings is 1. The van der Waals surface area contributed by atoms with Crippen LogP contribution < -0.4 is 0 Å². The lowest BCUT2D eigenvalue weighted by atomic mass is 10.0. The Morgan fingerprint density at radius 3 is 2.63 bits per heavy atom. The predicted octanol–water partition coefficient (Wildman–Crippen LogP) is 2.90. The summed E-state index contributed by atoms with van der Waals surface area (Å²) >= 11 is 5.75. The molecule has 0 aliphatic heterocycles. The van der Waals surface area contributed by atoms with Gasteiger partial charge in [0.1, 0.15) is 11.4 Å². The van der Waals surface area contributed by atoms with Crippen LogP contribution in [0.5, 0.6) is 5.75 Å². The highest BCUT2D eigenvalue weighted by Crippen LogP contribution is 2.23. The number of halogens is 1. The minimum absolute atomic E-state index is 0.0387. The van der Waals surface area contributed by atoms with Crippen molar-refractivity contribution >= 4 is 23.2 Å². The van der Waals surface area contributed by atoms with Gasteiger partial charge in [0.05, 0.1) is 12.0 Å². The van der Waals surface area contributed by atoms with E-state index in [2.05, 4.69) is 4.98 Å². The van der Waals surface area contributed by atoms with Crippen LogP contribution in [0.2, 0.25) is 5.02 Å². The van der Waals surface area contributed by atoms with Crippen LogP contribution in [0.3, 0.4) is 0 Å². The third-order valence-corrected chi connectivity index (χ3v) is 2.77. The van der Waals surface area contributed by atoms with E-state index in [1.165, 1.54) is 30.5 Å². The number of aromatic hydroxyl groups is 1. The molecule has 0 spiro atoms. The third kappa shape index (κ3) is 3.17. The van der Waals surface area contributed by atoms with Gasteiger partial charge in [-0.3, -0.25) is 14.6 Å². The number of phenols is 1. The zero-order valence-electron chi connectivity index (χ0n) is 9.84. The van der Waals surface area contributed by atoms with Crippen LogP contribution in [0.25, 0.3) is 0 Å². The van der Waals surface area contributed by atoms with E-state index < -0.39 is 11.6 Å². The summed E-state index contributed by atoms with van der Waals surface area (Å²) < 4.78 is 0. The highest BCUT2D eigenvalue weighted by atomic mass is 35.5. The van der Waals surface area contributed by atoms with Crippen LogP contribution in [0.4, 0.5) is 0 Å². The summed E-state index contributed by atoms with van der Waals surface area (Å²) in [5.41, 5.74) is 0.258. The molecule has 0 amide bonds. The summed E-state index contributed by atoms with van der Waals surface area (Å²) in [5.74, 6) is -1.08. The molecule has 1 aromatic carbocycles. The van der Waals surface area contributed by atoms with Crippen molar-refractivity contribution in [1.29, 1.82) is 0 Å². The van der Waals surface area contributed by atoms with E-state index in [-0.39, 0.29) is 23.4 Å². The quantitative estimate of drug-likeness (QED) is 0.688. The Labute approximate surface area is 114 Å². The molecular weight excluding hydrogens is 266 g/mol. The van der Waals surface area contributed by atoms with Crippen molar-refractivity contribution in [2.24, 2.45) is 0 Å². The van der Waals surface area contributed by atoms with E-state index in [0.717, 1.165) is 0 Å². The standard InChI is InChI=1S/C14H10ClNO3/c15-9-4-5-12(17)10(7-9)13(18)8-14(19)11-3-1-2-6-16-11/h1-7,17H,8H2. The molecule has 0 fully saturated rings. The number of Topliss-reactive ketones (excluding diaryl/α,β-unsaturated/α-hetero) is 2. The number of carbonyl (C=O) groups excluding carboxylic acids is 2. The molecule has 0 radical (unpaired) electrons. The number of nitrogens with zero attached hydrogens (tertiary/aromatic N) is 1. The van der Waals surface area contributed by atoms with E-state index in [4.69, 9.17) is 11.6 Å². The summed E-state index contributed by atoms with van der Waals surface area (Å²) in [6.45, 7) is 0. The summed E-state index contributed by atoms with van der Waals surface area (Å²) in [5, 5.41) is 9.91. The lowest BCUT2D eigenvalue weighted by Crippen LogP contribution is -2.10. The molecule has 0 unspecified atom stereocenters. The SMILES string of the molecule is O=C(CC(=O)c1cc(Cl)ccc1O)c1ccccn1. The van der Waals surface area contributed by atoms with Gasteiger partial charge in [-0.25, -0.2) is 0 Å². The van der Waals surface area contributed by atoms with Crippen LogP contribution in [-0.4, -0.2) is 21.7 Å². The van der Waals surface area contributed by atoms with Crippen molar-refractivity contribution in [3.8, 4) is 5.75 Å². The Balaban J connectivity index is 2.18. The van der Waals surface area contributed by atoms with Crippen LogP contribution >= 0.6 is 11.6 Å². The third-order valence-electron chi connectivity index (χ3n) is 2.53. The van der Waals surface area contributed by atoms with Crippen molar-refractivity contribution in [2.75, 3.05) is 0 Å². The molecular formula is C14H10ClNO3. The van der Waals surface area contributed by atoms with Crippen LogP contribution in [-0.2, 0) is 0 Å². The average molecular weight is 276 g/mol. The molecule has 0 saturated heterocycles.